The summed E-state index contributed by atoms with van der Waals surface area (Å²) < 4.78 is 14.8. The number of hydrogen-bond acceptors (Lipinski definition) is 3. The molecule has 0 saturated heterocycles. The fraction of sp³-hybridized carbons (Fsp3) is 0. The maximum atomic E-state index is 13.8. The predicted molar refractivity (Wildman–Crippen MR) is 80.9 cm³/mol. The molecule has 21 heavy (non-hydrogen) atoms. The molecule has 0 fully saturated rings. The number of nitriles is 1. The number of nitrogens with one attached hydrogen (secondary N) is 1. The summed E-state index contributed by atoms with van der Waals surface area (Å²) in [5.74, 6) is -0.983. The molecule has 0 radical (unpaired) electrons. The van der Waals surface area contributed by atoms with Crippen molar-refractivity contribution in [2.75, 3.05) is 5.32 Å². The molecule has 0 aliphatic rings. The highest BCUT2D eigenvalue weighted by molar-refractivity contribution is 7.20. The van der Waals surface area contributed by atoms with E-state index in [-0.39, 0.29) is 17.2 Å². The number of benzene rings is 2. The van der Waals surface area contributed by atoms with E-state index in [0.717, 1.165) is 16.2 Å². The molecular weight excluding hydrogens is 287 g/mol. The molecule has 3 aromatic rings. The Morgan fingerprint density at radius 1 is 1.19 bits per heavy atom. The fourth-order valence-corrected chi connectivity index (χ4v) is 2.92. The van der Waals surface area contributed by atoms with Crippen LogP contribution in [0.5, 0.6) is 0 Å². The highest BCUT2D eigenvalue weighted by atomic mass is 32.1. The lowest BCUT2D eigenvalue weighted by Crippen LogP contribution is -2.11. The minimum absolute atomic E-state index is 0.0662. The molecule has 1 amide bonds. The lowest BCUT2D eigenvalue weighted by atomic mass is 10.2. The van der Waals surface area contributed by atoms with E-state index in [2.05, 4.69) is 5.32 Å². The van der Waals surface area contributed by atoms with Crippen molar-refractivity contribution in [2.45, 2.75) is 0 Å². The van der Waals surface area contributed by atoms with E-state index in [1.54, 1.807) is 6.07 Å². The number of halogens is 1. The van der Waals surface area contributed by atoms with Gasteiger partial charge in [-0.3, -0.25) is 4.79 Å². The van der Waals surface area contributed by atoms with Crippen LogP contribution in [-0.2, 0) is 0 Å². The molecule has 3 rings (SSSR count). The van der Waals surface area contributed by atoms with Gasteiger partial charge >= 0.3 is 0 Å². The smallest absolute Gasteiger partial charge is 0.265 e. The van der Waals surface area contributed by atoms with E-state index in [9.17, 15) is 9.18 Å². The number of carbonyl (C=O) groups excluding carboxylic acids is 1. The zero-order chi connectivity index (χ0) is 14.8. The van der Waals surface area contributed by atoms with Gasteiger partial charge in [0.05, 0.1) is 22.2 Å². The van der Waals surface area contributed by atoms with Gasteiger partial charge in [-0.25, -0.2) is 4.39 Å². The Bertz CT molecular complexity index is 846. The zero-order valence-corrected chi connectivity index (χ0v) is 11.6. The molecule has 0 atom stereocenters. The number of thiophene rings is 1. The highest BCUT2D eigenvalue weighted by Crippen LogP contribution is 2.26. The van der Waals surface area contributed by atoms with Crippen molar-refractivity contribution >= 4 is 33.0 Å². The molecule has 102 valence electrons. The maximum absolute atomic E-state index is 13.8. The van der Waals surface area contributed by atoms with Crippen molar-refractivity contribution < 1.29 is 9.18 Å². The van der Waals surface area contributed by atoms with Gasteiger partial charge in [0.2, 0.25) is 0 Å². The number of fused-ring (bicyclic) bond motifs is 1. The summed E-state index contributed by atoms with van der Waals surface area (Å²) in [6.07, 6.45) is 0. The summed E-state index contributed by atoms with van der Waals surface area (Å²) in [5.41, 5.74) is 0.281. The van der Waals surface area contributed by atoms with Gasteiger partial charge < -0.3 is 5.32 Å². The third-order valence-corrected chi connectivity index (χ3v) is 4.11. The van der Waals surface area contributed by atoms with Crippen LogP contribution >= 0.6 is 11.3 Å². The number of amides is 1. The van der Waals surface area contributed by atoms with E-state index in [4.69, 9.17) is 5.26 Å². The second-order valence-corrected chi connectivity index (χ2v) is 5.49. The molecule has 0 bridgehead atoms. The number of hydrogen-bond donors (Lipinski definition) is 1. The quantitative estimate of drug-likeness (QED) is 0.771. The second kappa shape index (κ2) is 5.35. The Labute approximate surface area is 124 Å². The summed E-state index contributed by atoms with van der Waals surface area (Å²) >= 11 is 1.35. The second-order valence-electron chi connectivity index (χ2n) is 4.41. The Kier molecular flexibility index (Phi) is 3.38. The third kappa shape index (κ3) is 2.62. The van der Waals surface area contributed by atoms with Crippen molar-refractivity contribution in [1.82, 2.24) is 0 Å². The molecule has 3 nitrogen and oxygen atoms in total. The van der Waals surface area contributed by atoms with Crippen LogP contribution in [0.1, 0.15) is 15.2 Å². The maximum Gasteiger partial charge on any atom is 0.265 e. The Balaban J connectivity index is 1.88. The number of anilines is 1. The summed E-state index contributed by atoms with van der Waals surface area (Å²) in [7, 11) is 0. The van der Waals surface area contributed by atoms with Crippen molar-refractivity contribution in [3.63, 3.8) is 0 Å². The van der Waals surface area contributed by atoms with Crippen LogP contribution in [0.3, 0.4) is 0 Å². The van der Waals surface area contributed by atoms with E-state index < -0.39 is 5.82 Å². The van der Waals surface area contributed by atoms with Gasteiger partial charge in [-0.05, 0) is 35.7 Å². The molecule has 1 N–H and O–H groups in total. The Morgan fingerprint density at radius 2 is 2.00 bits per heavy atom. The first-order valence-corrected chi connectivity index (χ1v) is 6.98. The van der Waals surface area contributed by atoms with Crippen molar-refractivity contribution in [3.8, 4) is 6.07 Å². The number of carbonyl (C=O) groups is 1. The monoisotopic (exact) mass is 296 g/mol. The topological polar surface area (TPSA) is 52.9 Å². The van der Waals surface area contributed by atoms with E-state index in [1.807, 2.05) is 30.3 Å². The lowest BCUT2D eigenvalue weighted by molar-refractivity contribution is 0.103. The summed E-state index contributed by atoms with van der Waals surface area (Å²) in [5, 5.41) is 12.2. The number of nitrogens with zero attached hydrogens (tertiary/aromatic N) is 1. The van der Waals surface area contributed by atoms with Gasteiger partial charge in [-0.15, -0.1) is 11.3 Å². The van der Waals surface area contributed by atoms with Gasteiger partial charge in [0.15, 0.2) is 0 Å². The predicted octanol–water partition coefficient (Wildman–Crippen LogP) is 4.16. The van der Waals surface area contributed by atoms with Crippen LogP contribution < -0.4 is 5.32 Å². The van der Waals surface area contributed by atoms with Crippen molar-refractivity contribution in [2.24, 2.45) is 0 Å². The largest absolute Gasteiger partial charge is 0.319 e. The van der Waals surface area contributed by atoms with Gasteiger partial charge in [0.1, 0.15) is 5.82 Å². The summed E-state index contributed by atoms with van der Waals surface area (Å²) in [6.45, 7) is 0. The molecule has 5 heteroatoms. The highest BCUT2D eigenvalue weighted by Gasteiger charge is 2.12. The molecule has 0 aliphatic heterocycles. The van der Waals surface area contributed by atoms with Crippen LogP contribution in [0, 0.1) is 17.1 Å². The molecular formula is C16H9FN2OS. The third-order valence-electron chi connectivity index (χ3n) is 3.00. The van der Waals surface area contributed by atoms with Crippen LogP contribution in [0.4, 0.5) is 10.1 Å². The molecule has 2 aromatic carbocycles. The Hall–Kier alpha value is -2.71. The van der Waals surface area contributed by atoms with Gasteiger partial charge in [-0.1, -0.05) is 18.2 Å². The molecule has 0 spiro atoms. The van der Waals surface area contributed by atoms with Crippen LogP contribution in [0.15, 0.2) is 48.5 Å². The molecule has 0 saturated carbocycles. The van der Waals surface area contributed by atoms with E-state index in [1.165, 1.54) is 23.5 Å². The van der Waals surface area contributed by atoms with Crippen molar-refractivity contribution in [3.05, 3.63) is 64.8 Å². The minimum Gasteiger partial charge on any atom is -0.319 e. The summed E-state index contributed by atoms with van der Waals surface area (Å²) in [4.78, 5) is 12.7. The van der Waals surface area contributed by atoms with E-state index in [0.29, 0.717) is 4.88 Å². The Morgan fingerprint density at radius 3 is 2.71 bits per heavy atom. The van der Waals surface area contributed by atoms with Crippen molar-refractivity contribution in [1.29, 1.82) is 5.26 Å². The lowest BCUT2D eigenvalue weighted by Gasteiger charge is -2.04. The first-order chi connectivity index (χ1) is 10.2. The number of rotatable bonds is 2. The average Bonchev–Trinajstić information content (AvgIpc) is 2.93. The van der Waals surface area contributed by atoms with Crippen LogP contribution in [-0.4, -0.2) is 5.91 Å². The average molecular weight is 296 g/mol. The van der Waals surface area contributed by atoms with Crippen LogP contribution in [0.2, 0.25) is 0 Å². The summed E-state index contributed by atoms with van der Waals surface area (Å²) in [6, 6.07) is 15.2. The van der Waals surface area contributed by atoms with E-state index >= 15 is 0 Å². The van der Waals surface area contributed by atoms with Gasteiger partial charge in [-0.2, -0.15) is 5.26 Å². The van der Waals surface area contributed by atoms with Crippen LogP contribution in [0.25, 0.3) is 10.1 Å². The van der Waals surface area contributed by atoms with Gasteiger partial charge in [0, 0.05) is 4.70 Å². The zero-order valence-electron chi connectivity index (χ0n) is 10.8. The first kappa shape index (κ1) is 13.3. The van der Waals surface area contributed by atoms with Gasteiger partial charge in [0.25, 0.3) is 5.91 Å². The SMILES string of the molecule is N#Cc1ccc(NC(=O)c2cc3ccccc3s2)c(F)c1. The minimum atomic E-state index is -0.622. The standard InChI is InChI=1S/C16H9FN2OS/c17-12-7-10(9-18)5-6-13(12)19-16(20)15-8-11-3-1-2-4-14(11)21-15/h1-8H,(H,19,20). The molecule has 0 unspecified atom stereocenters. The fourth-order valence-electron chi connectivity index (χ4n) is 1.96. The molecule has 0 aliphatic carbocycles. The molecule has 1 aromatic heterocycles. The first-order valence-electron chi connectivity index (χ1n) is 6.17. The normalized spacial score (nSPS) is 10.3. The molecule has 1 heterocycles.